The van der Waals surface area contributed by atoms with E-state index in [1.54, 1.807) is 0 Å². The molecule has 1 amide bonds. The molecular formula is C13H17N5O. The van der Waals surface area contributed by atoms with Crippen LogP contribution in [0.15, 0.2) is 12.4 Å². The highest BCUT2D eigenvalue weighted by Crippen LogP contribution is 2.25. The summed E-state index contributed by atoms with van der Waals surface area (Å²) < 4.78 is 0. The number of nitrogens with one attached hydrogen (secondary N) is 2. The number of anilines is 1. The maximum Gasteiger partial charge on any atom is 0.223 e. The second-order valence-electron chi connectivity index (χ2n) is 4.60. The van der Waals surface area contributed by atoms with E-state index in [0.717, 1.165) is 19.3 Å². The maximum atomic E-state index is 11.5. The van der Waals surface area contributed by atoms with E-state index in [2.05, 4.69) is 20.6 Å². The molecule has 0 bridgehead atoms. The number of aromatic nitrogens is 2. The summed E-state index contributed by atoms with van der Waals surface area (Å²) >= 11 is 0. The Morgan fingerprint density at radius 3 is 2.79 bits per heavy atom. The minimum Gasteiger partial charge on any atom is -0.369 e. The van der Waals surface area contributed by atoms with Crippen LogP contribution < -0.4 is 10.6 Å². The molecule has 1 heterocycles. The van der Waals surface area contributed by atoms with Crippen LogP contribution in [-0.4, -0.2) is 29.0 Å². The highest BCUT2D eigenvalue weighted by Gasteiger charge is 2.24. The van der Waals surface area contributed by atoms with E-state index in [9.17, 15) is 4.79 Å². The molecule has 6 nitrogen and oxygen atoms in total. The van der Waals surface area contributed by atoms with Crippen molar-refractivity contribution >= 4 is 11.7 Å². The topological polar surface area (TPSA) is 90.7 Å². The minimum atomic E-state index is 0.185. The van der Waals surface area contributed by atoms with E-state index in [1.165, 1.54) is 18.8 Å². The number of hydrogen-bond acceptors (Lipinski definition) is 5. The van der Waals surface area contributed by atoms with Crippen LogP contribution in [0.5, 0.6) is 0 Å². The molecule has 1 saturated carbocycles. The minimum absolute atomic E-state index is 0.185. The van der Waals surface area contributed by atoms with E-state index in [-0.39, 0.29) is 11.8 Å². The molecule has 1 aliphatic rings. The molecule has 6 heteroatoms. The van der Waals surface area contributed by atoms with Gasteiger partial charge in [0, 0.05) is 19.0 Å². The van der Waals surface area contributed by atoms with Crippen LogP contribution >= 0.6 is 0 Å². The Balaban J connectivity index is 1.58. The van der Waals surface area contributed by atoms with Gasteiger partial charge in [-0.25, -0.2) is 9.97 Å². The van der Waals surface area contributed by atoms with Crippen molar-refractivity contribution in [1.82, 2.24) is 15.3 Å². The number of nitrogens with zero attached hydrogens (tertiary/aromatic N) is 3. The molecule has 19 heavy (non-hydrogen) atoms. The first-order chi connectivity index (χ1) is 9.29. The van der Waals surface area contributed by atoms with Crippen molar-refractivity contribution in [3.63, 3.8) is 0 Å². The predicted molar refractivity (Wildman–Crippen MR) is 70.2 cm³/mol. The third-order valence-electron chi connectivity index (χ3n) is 3.20. The van der Waals surface area contributed by atoms with Gasteiger partial charge in [-0.15, -0.1) is 0 Å². The first-order valence-corrected chi connectivity index (χ1v) is 6.53. The SMILES string of the molecule is N#Cc1cnc(NCCCNC(=O)C2CCC2)cn1. The maximum absolute atomic E-state index is 11.5. The second kappa shape index (κ2) is 6.69. The Bertz CT molecular complexity index is 461. The lowest BCUT2D eigenvalue weighted by atomic mass is 9.85. The van der Waals surface area contributed by atoms with Crippen LogP contribution in [0.2, 0.25) is 0 Å². The Kier molecular flexibility index (Phi) is 4.67. The van der Waals surface area contributed by atoms with Gasteiger partial charge in [-0.05, 0) is 19.3 Å². The number of carbonyl (C=O) groups excluding carboxylic acids is 1. The van der Waals surface area contributed by atoms with Crippen molar-refractivity contribution < 1.29 is 4.79 Å². The molecule has 2 rings (SSSR count). The number of carbonyl (C=O) groups is 1. The van der Waals surface area contributed by atoms with Gasteiger partial charge in [-0.2, -0.15) is 5.26 Å². The highest BCUT2D eigenvalue weighted by molar-refractivity contribution is 5.79. The van der Waals surface area contributed by atoms with Gasteiger partial charge in [0.15, 0.2) is 5.69 Å². The van der Waals surface area contributed by atoms with Gasteiger partial charge >= 0.3 is 0 Å². The summed E-state index contributed by atoms with van der Waals surface area (Å²) in [4.78, 5) is 19.5. The zero-order valence-corrected chi connectivity index (χ0v) is 10.7. The Morgan fingerprint density at radius 2 is 2.21 bits per heavy atom. The average molecular weight is 259 g/mol. The summed E-state index contributed by atoms with van der Waals surface area (Å²) in [6.07, 6.45) is 7.04. The van der Waals surface area contributed by atoms with Crippen LogP contribution in [0.3, 0.4) is 0 Å². The van der Waals surface area contributed by atoms with Crippen LogP contribution in [0.4, 0.5) is 5.82 Å². The number of hydrogen-bond donors (Lipinski definition) is 2. The lowest BCUT2D eigenvalue weighted by molar-refractivity contribution is -0.127. The van der Waals surface area contributed by atoms with Gasteiger partial charge in [-0.1, -0.05) is 6.42 Å². The van der Waals surface area contributed by atoms with Crippen molar-refractivity contribution in [3.8, 4) is 6.07 Å². The molecule has 0 saturated heterocycles. The van der Waals surface area contributed by atoms with Crippen LogP contribution in [0.25, 0.3) is 0 Å². The molecular weight excluding hydrogens is 242 g/mol. The predicted octanol–water partition coefficient (Wildman–Crippen LogP) is 1.07. The number of nitriles is 1. The normalized spacial score (nSPS) is 14.3. The van der Waals surface area contributed by atoms with Crippen molar-refractivity contribution in [1.29, 1.82) is 5.26 Å². The van der Waals surface area contributed by atoms with Crippen molar-refractivity contribution in [2.45, 2.75) is 25.7 Å². The monoisotopic (exact) mass is 259 g/mol. The second-order valence-corrected chi connectivity index (χ2v) is 4.60. The fourth-order valence-corrected chi connectivity index (χ4v) is 1.81. The summed E-state index contributed by atoms with van der Waals surface area (Å²) in [7, 11) is 0. The molecule has 1 aromatic heterocycles. The van der Waals surface area contributed by atoms with Crippen LogP contribution in [0, 0.1) is 17.2 Å². The van der Waals surface area contributed by atoms with Gasteiger partial charge in [0.05, 0.1) is 12.4 Å². The fraction of sp³-hybridized carbons (Fsp3) is 0.538. The quantitative estimate of drug-likeness (QED) is 0.746. The lowest BCUT2D eigenvalue weighted by Crippen LogP contribution is -2.35. The van der Waals surface area contributed by atoms with Crippen LogP contribution in [0.1, 0.15) is 31.4 Å². The zero-order valence-electron chi connectivity index (χ0n) is 10.7. The Labute approximate surface area is 112 Å². The molecule has 2 N–H and O–H groups in total. The standard InChI is InChI=1S/C13H17N5O/c14-7-11-8-18-12(9-17-11)15-5-2-6-16-13(19)10-3-1-4-10/h8-10H,1-6H2,(H,15,18)(H,16,19). The molecule has 0 unspecified atom stereocenters. The molecule has 100 valence electrons. The van der Waals surface area contributed by atoms with E-state index in [4.69, 9.17) is 5.26 Å². The highest BCUT2D eigenvalue weighted by atomic mass is 16.1. The number of amides is 1. The third kappa shape index (κ3) is 3.91. The molecule has 1 aromatic rings. The van der Waals surface area contributed by atoms with E-state index in [0.29, 0.717) is 24.6 Å². The lowest BCUT2D eigenvalue weighted by Gasteiger charge is -2.23. The molecule has 0 radical (unpaired) electrons. The fourth-order valence-electron chi connectivity index (χ4n) is 1.81. The molecule has 0 spiro atoms. The molecule has 0 atom stereocenters. The Morgan fingerprint density at radius 1 is 1.37 bits per heavy atom. The largest absolute Gasteiger partial charge is 0.369 e. The summed E-state index contributed by atoms with van der Waals surface area (Å²) in [5.74, 6) is 1.08. The van der Waals surface area contributed by atoms with Gasteiger partial charge in [0.1, 0.15) is 11.9 Å². The zero-order chi connectivity index (χ0) is 13.5. The van der Waals surface area contributed by atoms with Crippen LogP contribution in [-0.2, 0) is 4.79 Å². The molecule has 0 aliphatic heterocycles. The van der Waals surface area contributed by atoms with Gasteiger partial charge in [-0.3, -0.25) is 4.79 Å². The van der Waals surface area contributed by atoms with E-state index >= 15 is 0 Å². The van der Waals surface area contributed by atoms with Crippen molar-refractivity contribution in [2.24, 2.45) is 5.92 Å². The van der Waals surface area contributed by atoms with Gasteiger partial charge in [0.2, 0.25) is 5.91 Å². The van der Waals surface area contributed by atoms with E-state index in [1.807, 2.05) is 6.07 Å². The summed E-state index contributed by atoms with van der Waals surface area (Å²) in [6.45, 7) is 1.39. The smallest absolute Gasteiger partial charge is 0.223 e. The van der Waals surface area contributed by atoms with Gasteiger partial charge in [0.25, 0.3) is 0 Å². The van der Waals surface area contributed by atoms with E-state index < -0.39 is 0 Å². The molecule has 1 aliphatic carbocycles. The summed E-state index contributed by atoms with van der Waals surface area (Å²) in [5.41, 5.74) is 0.304. The molecule has 1 fully saturated rings. The molecule has 0 aromatic carbocycles. The first-order valence-electron chi connectivity index (χ1n) is 6.53. The first kappa shape index (κ1) is 13.3. The summed E-state index contributed by atoms with van der Waals surface area (Å²) in [5, 5.41) is 14.6. The Hall–Kier alpha value is -2.16. The van der Waals surface area contributed by atoms with Crippen molar-refractivity contribution in [3.05, 3.63) is 18.1 Å². The van der Waals surface area contributed by atoms with Crippen molar-refractivity contribution in [2.75, 3.05) is 18.4 Å². The number of rotatable bonds is 6. The van der Waals surface area contributed by atoms with Gasteiger partial charge < -0.3 is 10.6 Å². The summed E-state index contributed by atoms with van der Waals surface area (Å²) in [6, 6.07) is 1.92. The third-order valence-corrected chi connectivity index (χ3v) is 3.20. The average Bonchev–Trinajstić information content (AvgIpc) is 2.37.